The maximum atomic E-state index is 10.2. The van der Waals surface area contributed by atoms with Crippen LogP contribution in [-0.2, 0) is 11.4 Å². The summed E-state index contributed by atoms with van der Waals surface area (Å²) in [6.45, 7) is 0.179. The van der Waals surface area contributed by atoms with E-state index in [2.05, 4.69) is 10.2 Å². The van der Waals surface area contributed by atoms with E-state index in [0.717, 1.165) is 0 Å². The van der Waals surface area contributed by atoms with Crippen molar-refractivity contribution in [2.24, 2.45) is 0 Å². The van der Waals surface area contributed by atoms with Gasteiger partial charge in [-0.3, -0.25) is 0 Å². The number of carbonyl (C=O) groups excluding carboxylic acids is 1. The van der Waals surface area contributed by atoms with E-state index < -0.39 is 5.97 Å². The van der Waals surface area contributed by atoms with Crippen LogP contribution >= 0.6 is 11.8 Å². The number of aromatic nitrogens is 2. The molecule has 0 unspecified atom stereocenters. The zero-order valence-electron chi connectivity index (χ0n) is 9.94. The largest absolute Gasteiger partial charge is 0.550 e. The Labute approximate surface area is 113 Å². The van der Waals surface area contributed by atoms with Crippen LogP contribution in [0.3, 0.4) is 0 Å². The number of ether oxygens (including phenoxy) is 1. The van der Waals surface area contributed by atoms with Gasteiger partial charge in [0, 0.05) is 11.7 Å². The minimum atomic E-state index is -1.10. The molecule has 2 rings (SSSR count). The van der Waals surface area contributed by atoms with Crippen LogP contribution in [0.5, 0.6) is 5.75 Å². The van der Waals surface area contributed by atoms with E-state index in [0.29, 0.717) is 22.6 Å². The fraction of sp³-hybridized carbons (Fsp3) is 0.250. The number of thioether (sulfide) groups is 1. The molecule has 1 aromatic heterocycles. The molecule has 1 heterocycles. The predicted molar refractivity (Wildman–Crippen MR) is 65.4 cm³/mol. The molecule has 0 atom stereocenters. The van der Waals surface area contributed by atoms with Gasteiger partial charge in [-0.1, -0.05) is 30.0 Å². The molecule has 1 aromatic carbocycles. The summed E-state index contributed by atoms with van der Waals surface area (Å²) in [7, 11) is 0. The smallest absolute Gasteiger partial charge is 0.276 e. The first-order chi connectivity index (χ1) is 9.24. The van der Waals surface area contributed by atoms with Crippen LogP contribution < -0.4 is 9.84 Å². The number of aliphatic carboxylic acids is 1. The average Bonchev–Trinajstić information content (AvgIpc) is 2.85. The molecular formula is C12H11N2O4S-. The Bertz CT molecular complexity index is 530. The summed E-state index contributed by atoms with van der Waals surface area (Å²) in [4.78, 5) is 10.2. The summed E-state index contributed by atoms with van der Waals surface area (Å²) in [5, 5.41) is 18.2. The quantitative estimate of drug-likeness (QED) is 0.695. The highest BCUT2D eigenvalue weighted by Crippen LogP contribution is 2.18. The van der Waals surface area contributed by atoms with Crippen LogP contribution in [0.25, 0.3) is 0 Å². The van der Waals surface area contributed by atoms with E-state index in [-0.39, 0.29) is 13.0 Å². The Morgan fingerprint density at radius 2 is 2.11 bits per heavy atom. The third-order valence-electron chi connectivity index (χ3n) is 2.09. The molecule has 2 aromatic rings. The number of para-hydroxylation sites is 1. The van der Waals surface area contributed by atoms with Crippen LogP contribution in [0, 0.1) is 0 Å². The number of hydrogen-bond acceptors (Lipinski definition) is 7. The van der Waals surface area contributed by atoms with Gasteiger partial charge in [-0.2, -0.15) is 0 Å². The van der Waals surface area contributed by atoms with Gasteiger partial charge in [-0.05, 0) is 18.6 Å². The Morgan fingerprint density at radius 3 is 2.84 bits per heavy atom. The second kappa shape index (κ2) is 6.79. The molecule has 100 valence electrons. The first-order valence-corrected chi connectivity index (χ1v) is 6.55. The second-order valence-electron chi connectivity index (χ2n) is 3.53. The molecule has 7 heteroatoms. The van der Waals surface area contributed by atoms with E-state index >= 15 is 0 Å². The summed E-state index contributed by atoms with van der Waals surface area (Å²) < 4.78 is 10.7. The summed E-state index contributed by atoms with van der Waals surface area (Å²) in [6, 6.07) is 9.28. The van der Waals surface area contributed by atoms with Gasteiger partial charge in [-0.15, -0.1) is 10.2 Å². The summed E-state index contributed by atoms with van der Waals surface area (Å²) in [6.07, 6.45) is -0.0527. The molecule has 0 bridgehead atoms. The number of rotatable bonds is 7. The SMILES string of the molecule is O=C([O-])CCSc1nnc(COc2ccccc2)o1. The van der Waals surface area contributed by atoms with Crippen molar-refractivity contribution in [1.29, 1.82) is 0 Å². The number of carboxylic acids is 1. The Kier molecular flexibility index (Phi) is 4.79. The minimum Gasteiger partial charge on any atom is -0.550 e. The number of carboxylic acid groups (broad SMARTS) is 1. The molecule has 0 aliphatic heterocycles. The Morgan fingerprint density at radius 1 is 1.32 bits per heavy atom. The van der Waals surface area contributed by atoms with Crippen molar-refractivity contribution in [2.45, 2.75) is 18.3 Å². The fourth-order valence-electron chi connectivity index (χ4n) is 1.24. The summed E-state index contributed by atoms with van der Waals surface area (Å²) in [5.41, 5.74) is 0. The molecule has 0 amide bonds. The van der Waals surface area contributed by atoms with Crippen LogP contribution in [0.2, 0.25) is 0 Å². The van der Waals surface area contributed by atoms with E-state index in [1.165, 1.54) is 11.8 Å². The van der Waals surface area contributed by atoms with Gasteiger partial charge in [0.25, 0.3) is 11.1 Å². The third-order valence-corrected chi connectivity index (χ3v) is 2.91. The second-order valence-corrected chi connectivity index (χ2v) is 4.58. The molecule has 0 saturated carbocycles. The van der Waals surface area contributed by atoms with Gasteiger partial charge in [-0.25, -0.2) is 0 Å². The molecule has 0 radical (unpaired) electrons. The average molecular weight is 279 g/mol. The molecule has 0 spiro atoms. The molecule has 19 heavy (non-hydrogen) atoms. The van der Waals surface area contributed by atoms with Crippen molar-refractivity contribution in [3.63, 3.8) is 0 Å². The van der Waals surface area contributed by atoms with Crippen LogP contribution in [0.1, 0.15) is 12.3 Å². The van der Waals surface area contributed by atoms with Crippen LogP contribution in [0.4, 0.5) is 0 Å². The van der Waals surface area contributed by atoms with Crippen molar-refractivity contribution in [3.8, 4) is 5.75 Å². The molecule has 0 aliphatic rings. The standard InChI is InChI=1S/C12H12N2O4S/c15-11(16)6-7-19-12-14-13-10(18-12)8-17-9-4-2-1-3-5-9/h1-5H,6-8H2,(H,15,16)/p-1. The lowest BCUT2D eigenvalue weighted by atomic mass is 10.3. The maximum absolute atomic E-state index is 10.2. The van der Waals surface area contributed by atoms with Crippen molar-refractivity contribution in [1.82, 2.24) is 10.2 Å². The van der Waals surface area contributed by atoms with Crippen molar-refractivity contribution in [2.75, 3.05) is 5.75 Å². The van der Waals surface area contributed by atoms with Crippen molar-refractivity contribution < 1.29 is 19.1 Å². The topological polar surface area (TPSA) is 88.3 Å². The lowest BCUT2D eigenvalue weighted by Gasteiger charge is -2.01. The molecule has 0 saturated heterocycles. The van der Waals surface area contributed by atoms with Gasteiger partial charge in [0.15, 0.2) is 6.61 Å². The lowest BCUT2D eigenvalue weighted by Crippen LogP contribution is -2.22. The first-order valence-electron chi connectivity index (χ1n) is 5.57. The molecular weight excluding hydrogens is 268 g/mol. The van der Waals surface area contributed by atoms with Gasteiger partial charge in [0.2, 0.25) is 0 Å². The van der Waals surface area contributed by atoms with Gasteiger partial charge in [0.1, 0.15) is 5.75 Å². The Hall–Kier alpha value is -2.02. The normalized spacial score (nSPS) is 10.3. The van der Waals surface area contributed by atoms with Crippen LogP contribution in [0.15, 0.2) is 40.0 Å². The number of benzene rings is 1. The third kappa shape index (κ3) is 4.63. The highest BCUT2D eigenvalue weighted by molar-refractivity contribution is 7.99. The van der Waals surface area contributed by atoms with Gasteiger partial charge >= 0.3 is 0 Å². The highest BCUT2D eigenvalue weighted by Gasteiger charge is 2.07. The van der Waals surface area contributed by atoms with Crippen molar-refractivity contribution in [3.05, 3.63) is 36.2 Å². The van der Waals surface area contributed by atoms with Gasteiger partial charge < -0.3 is 19.1 Å². The van der Waals surface area contributed by atoms with Crippen LogP contribution in [-0.4, -0.2) is 21.9 Å². The molecule has 0 aliphatic carbocycles. The maximum Gasteiger partial charge on any atom is 0.276 e. The zero-order chi connectivity index (χ0) is 13.5. The van der Waals surface area contributed by atoms with Gasteiger partial charge in [0.05, 0.1) is 0 Å². The predicted octanol–water partition coefficient (Wildman–Crippen LogP) is 0.881. The number of nitrogens with zero attached hydrogens (tertiary/aromatic N) is 2. The monoisotopic (exact) mass is 279 g/mol. The summed E-state index contributed by atoms with van der Waals surface area (Å²) in [5.74, 6) is 0.301. The summed E-state index contributed by atoms with van der Waals surface area (Å²) >= 11 is 1.17. The Balaban J connectivity index is 1.79. The zero-order valence-corrected chi connectivity index (χ0v) is 10.8. The fourth-order valence-corrected chi connectivity index (χ4v) is 1.94. The first kappa shape index (κ1) is 13.4. The number of carbonyl (C=O) groups is 1. The highest BCUT2D eigenvalue weighted by atomic mass is 32.2. The number of hydrogen-bond donors (Lipinski definition) is 0. The molecule has 0 fully saturated rings. The van der Waals surface area contributed by atoms with Crippen molar-refractivity contribution >= 4 is 17.7 Å². The molecule has 0 N–H and O–H groups in total. The van der Waals surface area contributed by atoms with E-state index in [9.17, 15) is 9.90 Å². The lowest BCUT2D eigenvalue weighted by molar-refractivity contribution is -0.305. The molecule has 6 nitrogen and oxygen atoms in total. The van der Waals surface area contributed by atoms with E-state index in [1.54, 1.807) is 0 Å². The minimum absolute atomic E-state index is 0.0527. The van der Waals surface area contributed by atoms with E-state index in [1.807, 2.05) is 30.3 Å². The van der Waals surface area contributed by atoms with E-state index in [4.69, 9.17) is 9.15 Å².